The van der Waals surface area contributed by atoms with E-state index in [-0.39, 0.29) is 11.1 Å². The fourth-order valence-electron chi connectivity index (χ4n) is 0.765. The van der Waals surface area contributed by atoms with Crippen LogP contribution in [-0.2, 0) is 0 Å². The van der Waals surface area contributed by atoms with Gasteiger partial charge in [0.15, 0.2) is 0 Å². The van der Waals surface area contributed by atoms with Crippen LogP contribution in [0.25, 0.3) is 0 Å². The number of halogens is 2. The van der Waals surface area contributed by atoms with E-state index in [1.807, 2.05) is 0 Å². The molecule has 0 aliphatic heterocycles. The van der Waals surface area contributed by atoms with Crippen molar-refractivity contribution in [1.82, 2.24) is 0 Å². The van der Waals surface area contributed by atoms with Crippen LogP contribution in [0.15, 0.2) is 24.3 Å². The van der Waals surface area contributed by atoms with Crippen molar-refractivity contribution in [1.29, 1.82) is 0 Å². The summed E-state index contributed by atoms with van der Waals surface area (Å²) in [4.78, 5) is 10.2. The molecule has 2 nitrogen and oxygen atoms in total. The molecule has 0 aromatic heterocycles. The lowest BCUT2D eigenvalue weighted by Crippen LogP contribution is -2.21. The molecule has 0 amide bonds. The lowest BCUT2D eigenvalue weighted by molar-refractivity contribution is -0.255. The Labute approximate surface area is 67.4 Å². The monoisotopic (exact) mass is 171 g/mol. The standard InChI is InChI=1S/C8H6F2O2/c9-7(10)5-1-3-6(4-2-5)8(11)12/h1-4,7H,(H,11,12)/p-1. The number of benzene rings is 1. The Bertz CT molecular complexity index is 280. The number of alkyl halides is 2. The van der Waals surface area contributed by atoms with Crippen LogP contribution in [0.3, 0.4) is 0 Å². The average Bonchev–Trinajstić information content (AvgIpc) is 2.04. The summed E-state index contributed by atoms with van der Waals surface area (Å²) in [5.41, 5.74) is -0.292. The molecule has 1 aromatic rings. The van der Waals surface area contributed by atoms with Gasteiger partial charge >= 0.3 is 0 Å². The molecule has 0 unspecified atom stereocenters. The Morgan fingerprint density at radius 2 is 1.75 bits per heavy atom. The molecule has 0 bridgehead atoms. The van der Waals surface area contributed by atoms with E-state index in [4.69, 9.17) is 0 Å². The molecule has 64 valence electrons. The number of rotatable bonds is 2. The summed E-state index contributed by atoms with van der Waals surface area (Å²) in [5.74, 6) is -1.36. The van der Waals surface area contributed by atoms with Crippen LogP contribution in [-0.4, -0.2) is 5.97 Å². The molecule has 0 N–H and O–H groups in total. The molecule has 1 aromatic carbocycles. The molecular formula is C8H5F2O2-. The van der Waals surface area contributed by atoms with Crippen LogP contribution in [0.2, 0.25) is 0 Å². The second-order valence-corrected chi connectivity index (χ2v) is 2.21. The SMILES string of the molecule is O=C([O-])c1ccc(C(F)F)cc1. The highest BCUT2D eigenvalue weighted by Gasteiger charge is 2.05. The number of carboxylic acids is 1. The first-order valence-electron chi connectivity index (χ1n) is 3.20. The number of hydrogen-bond donors (Lipinski definition) is 0. The van der Waals surface area contributed by atoms with Gasteiger partial charge in [-0.15, -0.1) is 0 Å². The molecule has 0 saturated heterocycles. The molecule has 0 aliphatic carbocycles. The van der Waals surface area contributed by atoms with E-state index in [2.05, 4.69) is 0 Å². The van der Waals surface area contributed by atoms with Crippen LogP contribution in [0.1, 0.15) is 22.3 Å². The fraction of sp³-hybridized carbons (Fsp3) is 0.125. The van der Waals surface area contributed by atoms with Gasteiger partial charge in [-0.3, -0.25) is 0 Å². The van der Waals surface area contributed by atoms with Gasteiger partial charge in [-0.25, -0.2) is 8.78 Å². The summed E-state index contributed by atoms with van der Waals surface area (Å²) in [5, 5.41) is 10.2. The Morgan fingerprint density at radius 3 is 2.08 bits per heavy atom. The van der Waals surface area contributed by atoms with Gasteiger partial charge in [-0.1, -0.05) is 24.3 Å². The first kappa shape index (κ1) is 8.64. The van der Waals surface area contributed by atoms with Crippen molar-refractivity contribution in [3.8, 4) is 0 Å². The lowest BCUT2D eigenvalue weighted by atomic mass is 10.1. The van der Waals surface area contributed by atoms with E-state index in [9.17, 15) is 18.7 Å². The van der Waals surface area contributed by atoms with Gasteiger partial charge in [0.05, 0.1) is 5.97 Å². The normalized spacial score (nSPS) is 10.2. The predicted molar refractivity (Wildman–Crippen MR) is 35.7 cm³/mol. The highest BCUT2D eigenvalue weighted by Crippen LogP contribution is 2.18. The molecule has 4 heteroatoms. The van der Waals surface area contributed by atoms with E-state index in [0.29, 0.717) is 0 Å². The molecule has 0 spiro atoms. The van der Waals surface area contributed by atoms with Crippen LogP contribution in [0.4, 0.5) is 8.78 Å². The predicted octanol–water partition coefficient (Wildman–Crippen LogP) is 0.988. The third kappa shape index (κ3) is 1.78. The average molecular weight is 171 g/mol. The zero-order chi connectivity index (χ0) is 9.14. The number of carboxylic acid groups (broad SMARTS) is 1. The van der Waals surface area contributed by atoms with Crippen LogP contribution in [0, 0.1) is 0 Å². The Kier molecular flexibility index (Phi) is 2.38. The topological polar surface area (TPSA) is 40.1 Å². The Hall–Kier alpha value is -1.45. The summed E-state index contributed by atoms with van der Waals surface area (Å²) in [6.45, 7) is 0. The van der Waals surface area contributed by atoms with Crippen molar-refractivity contribution in [3.63, 3.8) is 0 Å². The second kappa shape index (κ2) is 3.30. The maximum absolute atomic E-state index is 11.9. The number of hydrogen-bond acceptors (Lipinski definition) is 2. The molecule has 0 atom stereocenters. The van der Waals surface area contributed by atoms with E-state index in [0.717, 1.165) is 24.3 Å². The maximum atomic E-state index is 11.9. The van der Waals surface area contributed by atoms with Crippen molar-refractivity contribution in [2.45, 2.75) is 6.43 Å². The Morgan fingerprint density at radius 1 is 1.25 bits per heavy atom. The van der Waals surface area contributed by atoms with Gasteiger partial charge in [-0.2, -0.15) is 0 Å². The number of aromatic carboxylic acids is 1. The molecule has 1 rings (SSSR count). The summed E-state index contributed by atoms with van der Waals surface area (Å²) in [6, 6.07) is 4.32. The quantitative estimate of drug-likeness (QED) is 0.665. The highest BCUT2D eigenvalue weighted by atomic mass is 19.3. The van der Waals surface area contributed by atoms with Crippen LogP contribution in [0.5, 0.6) is 0 Å². The fourth-order valence-corrected chi connectivity index (χ4v) is 0.765. The number of carbonyl (C=O) groups is 1. The van der Waals surface area contributed by atoms with Gasteiger partial charge in [-0.05, 0) is 5.56 Å². The zero-order valence-corrected chi connectivity index (χ0v) is 5.96. The van der Waals surface area contributed by atoms with Gasteiger partial charge in [0.25, 0.3) is 6.43 Å². The largest absolute Gasteiger partial charge is 0.545 e. The van der Waals surface area contributed by atoms with Gasteiger partial charge in [0.1, 0.15) is 0 Å². The van der Waals surface area contributed by atoms with E-state index in [1.165, 1.54) is 0 Å². The highest BCUT2D eigenvalue weighted by molar-refractivity contribution is 5.85. The van der Waals surface area contributed by atoms with Crippen molar-refractivity contribution < 1.29 is 18.7 Å². The van der Waals surface area contributed by atoms with Gasteiger partial charge < -0.3 is 9.90 Å². The lowest BCUT2D eigenvalue weighted by Gasteiger charge is -2.03. The van der Waals surface area contributed by atoms with Crippen molar-refractivity contribution in [2.75, 3.05) is 0 Å². The maximum Gasteiger partial charge on any atom is 0.263 e. The molecule has 0 aliphatic rings. The minimum Gasteiger partial charge on any atom is -0.545 e. The molecule has 0 heterocycles. The second-order valence-electron chi connectivity index (χ2n) is 2.21. The van der Waals surface area contributed by atoms with E-state index in [1.54, 1.807) is 0 Å². The van der Waals surface area contributed by atoms with Crippen LogP contribution >= 0.6 is 0 Å². The van der Waals surface area contributed by atoms with Crippen molar-refractivity contribution >= 4 is 5.97 Å². The van der Waals surface area contributed by atoms with Crippen LogP contribution < -0.4 is 5.11 Å². The summed E-state index contributed by atoms with van der Waals surface area (Å²) in [7, 11) is 0. The molecular weight excluding hydrogens is 166 g/mol. The van der Waals surface area contributed by atoms with Crippen molar-refractivity contribution in [2.24, 2.45) is 0 Å². The summed E-state index contributed by atoms with van der Waals surface area (Å²) < 4.78 is 23.9. The Balaban J connectivity index is 2.93. The first-order valence-corrected chi connectivity index (χ1v) is 3.20. The molecule has 0 radical (unpaired) electrons. The van der Waals surface area contributed by atoms with Gasteiger partial charge in [0, 0.05) is 5.56 Å². The molecule has 0 fully saturated rings. The summed E-state index contributed by atoms with van der Waals surface area (Å²) >= 11 is 0. The molecule has 12 heavy (non-hydrogen) atoms. The number of carbonyl (C=O) groups excluding carboxylic acids is 1. The van der Waals surface area contributed by atoms with Crippen molar-refractivity contribution in [3.05, 3.63) is 35.4 Å². The summed E-state index contributed by atoms with van der Waals surface area (Å²) in [6.07, 6.45) is -2.57. The third-order valence-electron chi connectivity index (χ3n) is 1.40. The minimum absolute atomic E-state index is 0.0978. The smallest absolute Gasteiger partial charge is 0.263 e. The molecule has 0 saturated carbocycles. The van der Waals surface area contributed by atoms with E-state index >= 15 is 0 Å². The van der Waals surface area contributed by atoms with E-state index < -0.39 is 12.4 Å². The minimum atomic E-state index is -2.57. The third-order valence-corrected chi connectivity index (χ3v) is 1.40. The first-order chi connectivity index (χ1) is 5.61. The van der Waals surface area contributed by atoms with Gasteiger partial charge in [0.2, 0.25) is 0 Å². The zero-order valence-electron chi connectivity index (χ0n) is 5.96.